The fourth-order valence-electron chi connectivity index (χ4n) is 0.283. The highest BCUT2D eigenvalue weighted by Gasteiger charge is 1.95. The zero-order valence-electron chi connectivity index (χ0n) is 5.87. The van der Waals surface area contributed by atoms with Crippen LogP contribution in [-0.2, 0) is 19.2 Å². The minimum absolute atomic E-state index is 0.438. The van der Waals surface area contributed by atoms with E-state index in [4.69, 9.17) is 0 Å². The van der Waals surface area contributed by atoms with Gasteiger partial charge in [0.05, 0.1) is 0 Å². The summed E-state index contributed by atoms with van der Waals surface area (Å²) in [7, 11) is 0. The van der Waals surface area contributed by atoms with Gasteiger partial charge in [-0.1, -0.05) is 0 Å². The van der Waals surface area contributed by atoms with Crippen molar-refractivity contribution in [3.63, 3.8) is 0 Å². The molecule has 60 valence electrons. The largest absolute Gasteiger partial charge is 0.341 e. The number of aldehydes is 1. The third-order valence-electron chi connectivity index (χ3n) is 0.622. The normalized spacial score (nSPS) is 9.18. The molecule has 0 saturated carbocycles. The number of hydroxylamine groups is 1. The Morgan fingerprint density at radius 2 is 2.09 bits per heavy atom. The van der Waals surface area contributed by atoms with Crippen molar-refractivity contribution < 1.29 is 19.2 Å². The van der Waals surface area contributed by atoms with Gasteiger partial charge in [-0.25, -0.2) is 0 Å². The van der Waals surface area contributed by atoms with Gasteiger partial charge < -0.3 is 4.84 Å². The Labute approximate surface area is 63.0 Å². The molecule has 1 amide bonds. The smallest absolute Gasteiger partial charge is 0.329 e. The highest BCUT2D eigenvalue weighted by molar-refractivity contribution is 5.90. The number of amides is 1. The molecule has 0 fully saturated rings. The van der Waals surface area contributed by atoms with Crippen LogP contribution in [0.5, 0.6) is 0 Å². The van der Waals surface area contributed by atoms with E-state index in [2.05, 4.69) is 4.84 Å². The molecule has 0 aliphatic heterocycles. The Hall–Kier alpha value is -1.65. The zero-order valence-corrected chi connectivity index (χ0v) is 5.87. The van der Waals surface area contributed by atoms with Crippen LogP contribution in [0.2, 0.25) is 0 Å². The molecule has 0 atom stereocenters. The summed E-state index contributed by atoms with van der Waals surface area (Å²) in [6, 6.07) is 0. The van der Waals surface area contributed by atoms with Crippen LogP contribution in [0.15, 0.2) is 12.2 Å². The summed E-state index contributed by atoms with van der Waals surface area (Å²) >= 11 is 0. The zero-order chi connectivity index (χ0) is 8.69. The second-order valence-corrected chi connectivity index (χ2v) is 1.56. The monoisotopic (exact) mass is 157 g/mol. The fourth-order valence-corrected chi connectivity index (χ4v) is 0.283. The summed E-state index contributed by atoms with van der Waals surface area (Å²) in [6.07, 6.45) is 2.36. The van der Waals surface area contributed by atoms with Gasteiger partial charge in [0.25, 0.3) is 5.91 Å². The topological polar surface area (TPSA) is 72.5 Å². The highest BCUT2D eigenvalue weighted by Crippen LogP contribution is 1.72. The summed E-state index contributed by atoms with van der Waals surface area (Å²) in [4.78, 5) is 34.3. The SMILES string of the molecule is CC(=O)ONC(=O)/C=C\C=O. The lowest BCUT2D eigenvalue weighted by Crippen LogP contribution is -2.23. The molecule has 0 aliphatic rings. The Bertz CT molecular complexity index is 197. The predicted octanol–water partition coefficient (Wildman–Crippen LogP) is -0.664. The van der Waals surface area contributed by atoms with E-state index in [0.717, 1.165) is 19.1 Å². The first-order valence-electron chi connectivity index (χ1n) is 2.76. The van der Waals surface area contributed by atoms with Gasteiger partial charge in [0.15, 0.2) is 0 Å². The molecule has 5 nitrogen and oxygen atoms in total. The van der Waals surface area contributed by atoms with Crippen molar-refractivity contribution in [1.29, 1.82) is 0 Å². The summed E-state index contributed by atoms with van der Waals surface area (Å²) in [5.74, 6) is -1.29. The maximum atomic E-state index is 10.5. The lowest BCUT2D eigenvalue weighted by Gasteiger charge is -1.97. The van der Waals surface area contributed by atoms with Gasteiger partial charge in [-0.05, 0) is 6.08 Å². The molecule has 0 radical (unpaired) electrons. The first-order chi connectivity index (χ1) is 5.16. The maximum absolute atomic E-state index is 10.5. The minimum Gasteiger partial charge on any atom is -0.341 e. The Morgan fingerprint density at radius 3 is 2.55 bits per heavy atom. The van der Waals surface area contributed by atoms with Crippen molar-refractivity contribution in [2.24, 2.45) is 0 Å². The van der Waals surface area contributed by atoms with E-state index in [1.54, 1.807) is 5.48 Å². The first kappa shape index (κ1) is 9.35. The lowest BCUT2D eigenvalue weighted by molar-refractivity contribution is -0.154. The number of rotatable bonds is 2. The maximum Gasteiger partial charge on any atom is 0.329 e. The van der Waals surface area contributed by atoms with Crippen molar-refractivity contribution in [2.45, 2.75) is 6.92 Å². The van der Waals surface area contributed by atoms with Crippen LogP contribution < -0.4 is 5.48 Å². The van der Waals surface area contributed by atoms with Crippen molar-refractivity contribution >= 4 is 18.2 Å². The predicted molar refractivity (Wildman–Crippen MR) is 35.1 cm³/mol. The van der Waals surface area contributed by atoms with E-state index in [1.807, 2.05) is 0 Å². The molecule has 0 spiro atoms. The summed E-state index contributed by atoms with van der Waals surface area (Å²) < 4.78 is 0. The quantitative estimate of drug-likeness (QED) is 0.328. The fraction of sp³-hybridized carbons (Fsp3) is 0.167. The lowest BCUT2D eigenvalue weighted by atomic mass is 10.5. The molecule has 11 heavy (non-hydrogen) atoms. The van der Waals surface area contributed by atoms with Crippen molar-refractivity contribution in [1.82, 2.24) is 5.48 Å². The minimum atomic E-state index is -0.660. The number of hydrogen-bond donors (Lipinski definition) is 1. The van der Waals surface area contributed by atoms with Crippen molar-refractivity contribution in [3.8, 4) is 0 Å². The van der Waals surface area contributed by atoms with Crippen LogP contribution in [-0.4, -0.2) is 18.2 Å². The molecule has 0 rings (SSSR count). The van der Waals surface area contributed by atoms with E-state index in [0.29, 0.717) is 6.29 Å². The summed E-state index contributed by atoms with van der Waals surface area (Å²) in [5, 5.41) is 0. The molecule has 0 bridgehead atoms. The molecule has 0 saturated heterocycles. The molecule has 0 aromatic rings. The van der Waals surface area contributed by atoms with Crippen LogP contribution in [0, 0.1) is 0 Å². The highest BCUT2D eigenvalue weighted by atomic mass is 16.7. The molecular formula is C6H7NO4. The van der Waals surface area contributed by atoms with E-state index in [9.17, 15) is 14.4 Å². The van der Waals surface area contributed by atoms with Gasteiger partial charge in [0.2, 0.25) is 0 Å². The standard InChI is InChI=1S/C6H7NO4/c1-5(9)11-7-6(10)3-2-4-8/h2-4H,1H3,(H,7,10)/b3-2-. The molecular weight excluding hydrogens is 150 g/mol. The van der Waals surface area contributed by atoms with E-state index >= 15 is 0 Å². The second-order valence-electron chi connectivity index (χ2n) is 1.56. The first-order valence-corrected chi connectivity index (χ1v) is 2.76. The van der Waals surface area contributed by atoms with Gasteiger partial charge in [0, 0.05) is 13.0 Å². The Kier molecular flexibility index (Phi) is 4.39. The number of carbonyl (C=O) groups is 3. The Balaban J connectivity index is 3.61. The van der Waals surface area contributed by atoms with Crippen LogP contribution in [0.4, 0.5) is 0 Å². The molecule has 0 unspecified atom stereocenters. The number of carbonyl (C=O) groups excluding carboxylic acids is 3. The van der Waals surface area contributed by atoms with E-state index in [-0.39, 0.29) is 0 Å². The van der Waals surface area contributed by atoms with E-state index < -0.39 is 11.9 Å². The molecule has 0 aromatic heterocycles. The third-order valence-corrected chi connectivity index (χ3v) is 0.622. The van der Waals surface area contributed by atoms with Crippen molar-refractivity contribution in [2.75, 3.05) is 0 Å². The number of allylic oxidation sites excluding steroid dienone is 1. The summed E-state index contributed by atoms with van der Waals surface area (Å²) in [6.45, 7) is 1.14. The average molecular weight is 157 g/mol. The third kappa shape index (κ3) is 6.23. The van der Waals surface area contributed by atoms with Gasteiger partial charge >= 0.3 is 5.97 Å². The molecule has 0 aromatic carbocycles. The Morgan fingerprint density at radius 1 is 1.45 bits per heavy atom. The number of nitrogens with one attached hydrogen (secondary N) is 1. The summed E-state index contributed by atoms with van der Waals surface area (Å²) in [5.41, 5.74) is 1.78. The molecule has 1 N–H and O–H groups in total. The average Bonchev–Trinajstić information content (AvgIpc) is 1.97. The molecule has 5 heteroatoms. The van der Waals surface area contributed by atoms with Crippen molar-refractivity contribution in [3.05, 3.63) is 12.2 Å². The second kappa shape index (κ2) is 5.16. The molecule has 0 heterocycles. The van der Waals surface area contributed by atoms with Gasteiger partial charge in [-0.3, -0.25) is 14.4 Å². The van der Waals surface area contributed by atoms with Crippen LogP contribution in [0.3, 0.4) is 0 Å². The van der Waals surface area contributed by atoms with Gasteiger partial charge in [-0.2, -0.15) is 5.48 Å². The van der Waals surface area contributed by atoms with Crippen LogP contribution in [0.1, 0.15) is 6.92 Å². The number of hydrogen-bond acceptors (Lipinski definition) is 4. The molecule has 0 aliphatic carbocycles. The van der Waals surface area contributed by atoms with Crippen LogP contribution in [0.25, 0.3) is 0 Å². The van der Waals surface area contributed by atoms with Crippen LogP contribution >= 0.6 is 0 Å². The van der Waals surface area contributed by atoms with E-state index in [1.165, 1.54) is 0 Å². The van der Waals surface area contributed by atoms with Gasteiger partial charge in [-0.15, -0.1) is 0 Å². The van der Waals surface area contributed by atoms with Gasteiger partial charge in [0.1, 0.15) is 6.29 Å².